The van der Waals surface area contributed by atoms with Gasteiger partial charge in [-0.25, -0.2) is 8.78 Å². The quantitative estimate of drug-likeness (QED) is 0.633. The third kappa shape index (κ3) is 3.01. The third-order valence-corrected chi connectivity index (χ3v) is 10.9. The third-order valence-electron chi connectivity index (χ3n) is 4.95. The van der Waals surface area contributed by atoms with Crippen LogP contribution in [0.3, 0.4) is 0 Å². The smallest absolute Gasteiger partial charge is 0.258 e. The van der Waals surface area contributed by atoms with Gasteiger partial charge in [0.15, 0.2) is 11.6 Å². The predicted octanol–water partition coefficient (Wildman–Crippen LogP) is 6.38. The first-order valence-electron chi connectivity index (χ1n) is 8.41. The van der Waals surface area contributed by atoms with Gasteiger partial charge < -0.3 is 9.53 Å². The van der Waals surface area contributed by atoms with Gasteiger partial charge in [0.2, 0.25) is 0 Å². The number of benzene rings is 2. The second-order valence-electron chi connectivity index (χ2n) is 7.32. The second-order valence-corrected chi connectivity index (χ2v) is 12.7. The predicted molar refractivity (Wildman–Crippen MR) is 97.2 cm³/mol. The Bertz CT molecular complexity index is 720. The molecule has 0 fully saturated rings. The molecule has 0 aliphatic carbocycles. The standard InChI is InChI=1S/C19H26F2O2Si/c1-11(2)24(12(3)4,13(5)6)23-17-10-15(22)9-14-7-8-16(20)19(21)18(14)17/h7-13,22H,1-6H3. The number of hydrogen-bond donors (Lipinski definition) is 1. The monoisotopic (exact) mass is 352 g/mol. The average molecular weight is 352 g/mol. The molecular formula is C19H26F2O2Si. The van der Waals surface area contributed by atoms with Gasteiger partial charge in [0.1, 0.15) is 11.5 Å². The molecule has 1 N–H and O–H groups in total. The Hall–Kier alpha value is -1.62. The lowest BCUT2D eigenvalue weighted by Crippen LogP contribution is -2.50. The van der Waals surface area contributed by atoms with Crippen LogP contribution >= 0.6 is 0 Å². The fraction of sp³-hybridized carbons (Fsp3) is 0.474. The van der Waals surface area contributed by atoms with Gasteiger partial charge in [-0.05, 0) is 34.1 Å². The zero-order valence-electron chi connectivity index (χ0n) is 15.2. The minimum absolute atomic E-state index is 0.0114. The maximum atomic E-state index is 14.4. The molecule has 0 aromatic heterocycles. The zero-order valence-corrected chi connectivity index (χ0v) is 16.2. The highest BCUT2D eigenvalue weighted by atomic mass is 28.4. The van der Waals surface area contributed by atoms with Gasteiger partial charge in [-0.2, -0.15) is 0 Å². The van der Waals surface area contributed by atoms with Crippen molar-refractivity contribution in [3.8, 4) is 11.5 Å². The maximum Gasteiger partial charge on any atom is 0.258 e. The Labute approximate surface area is 143 Å². The van der Waals surface area contributed by atoms with E-state index >= 15 is 0 Å². The van der Waals surface area contributed by atoms with Crippen molar-refractivity contribution < 1.29 is 18.3 Å². The highest BCUT2D eigenvalue weighted by molar-refractivity contribution is 6.78. The van der Waals surface area contributed by atoms with Crippen LogP contribution in [0.1, 0.15) is 41.5 Å². The van der Waals surface area contributed by atoms with Gasteiger partial charge in [-0.15, -0.1) is 0 Å². The van der Waals surface area contributed by atoms with Crippen molar-refractivity contribution >= 4 is 19.1 Å². The van der Waals surface area contributed by atoms with Crippen LogP contribution in [0.5, 0.6) is 11.5 Å². The zero-order chi connectivity index (χ0) is 18.2. The van der Waals surface area contributed by atoms with Gasteiger partial charge in [0, 0.05) is 6.07 Å². The van der Waals surface area contributed by atoms with Crippen molar-refractivity contribution in [2.75, 3.05) is 0 Å². The van der Waals surface area contributed by atoms with Crippen molar-refractivity contribution in [1.29, 1.82) is 0 Å². The van der Waals surface area contributed by atoms with E-state index in [1.165, 1.54) is 18.2 Å². The summed E-state index contributed by atoms with van der Waals surface area (Å²) in [5, 5.41) is 10.5. The lowest BCUT2D eigenvalue weighted by Gasteiger charge is -2.42. The number of fused-ring (bicyclic) bond motifs is 1. The molecule has 0 aliphatic heterocycles. The molecule has 24 heavy (non-hydrogen) atoms. The Kier molecular flexibility index (Phi) is 5.23. The minimum atomic E-state index is -2.35. The molecule has 2 nitrogen and oxygen atoms in total. The highest BCUT2D eigenvalue weighted by Gasteiger charge is 2.47. The topological polar surface area (TPSA) is 29.5 Å². The van der Waals surface area contributed by atoms with Crippen molar-refractivity contribution in [2.45, 2.75) is 58.2 Å². The number of phenols is 1. The summed E-state index contributed by atoms with van der Waals surface area (Å²) in [7, 11) is -2.35. The van der Waals surface area contributed by atoms with Crippen LogP contribution in [0.2, 0.25) is 16.6 Å². The molecule has 0 unspecified atom stereocenters. The highest BCUT2D eigenvalue weighted by Crippen LogP contribution is 2.45. The first-order valence-corrected chi connectivity index (χ1v) is 10.5. The van der Waals surface area contributed by atoms with E-state index in [0.717, 1.165) is 6.07 Å². The van der Waals surface area contributed by atoms with E-state index in [1.807, 2.05) is 0 Å². The van der Waals surface area contributed by atoms with Crippen LogP contribution in [0.4, 0.5) is 8.78 Å². The molecule has 0 aliphatic rings. The van der Waals surface area contributed by atoms with E-state index in [4.69, 9.17) is 4.43 Å². The molecule has 132 valence electrons. The fourth-order valence-corrected chi connectivity index (χ4v) is 9.22. The molecule has 0 atom stereocenters. The minimum Gasteiger partial charge on any atom is -0.542 e. The van der Waals surface area contributed by atoms with E-state index in [1.54, 1.807) is 0 Å². The lowest BCUT2D eigenvalue weighted by molar-refractivity contribution is 0.456. The summed E-state index contributed by atoms with van der Waals surface area (Å²) in [6.07, 6.45) is 0. The number of aromatic hydroxyl groups is 1. The van der Waals surface area contributed by atoms with E-state index in [9.17, 15) is 13.9 Å². The summed E-state index contributed by atoms with van der Waals surface area (Å²) < 4.78 is 34.7. The molecule has 2 aromatic rings. The van der Waals surface area contributed by atoms with Crippen molar-refractivity contribution in [1.82, 2.24) is 0 Å². The van der Waals surface area contributed by atoms with E-state index in [0.29, 0.717) is 5.39 Å². The fourth-order valence-electron chi connectivity index (χ4n) is 3.97. The molecule has 0 amide bonds. The van der Waals surface area contributed by atoms with Crippen molar-refractivity contribution in [3.05, 3.63) is 35.9 Å². The maximum absolute atomic E-state index is 14.4. The number of rotatable bonds is 5. The molecular weight excluding hydrogens is 326 g/mol. The number of halogens is 2. The first kappa shape index (κ1) is 18.7. The van der Waals surface area contributed by atoms with Crippen LogP contribution in [0.25, 0.3) is 10.8 Å². The normalized spacial score (nSPS) is 12.6. The van der Waals surface area contributed by atoms with Gasteiger partial charge in [0.05, 0.1) is 5.39 Å². The molecule has 0 radical (unpaired) electrons. The Morgan fingerprint density at radius 2 is 1.46 bits per heavy atom. The van der Waals surface area contributed by atoms with Crippen LogP contribution in [-0.2, 0) is 0 Å². The van der Waals surface area contributed by atoms with E-state index < -0.39 is 20.0 Å². The summed E-state index contributed by atoms with van der Waals surface area (Å²) in [6.45, 7) is 12.7. The Morgan fingerprint density at radius 3 is 1.96 bits per heavy atom. The molecule has 2 aromatic carbocycles. The van der Waals surface area contributed by atoms with Crippen molar-refractivity contribution in [2.24, 2.45) is 0 Å². The van der Waals surface area contributed by atoms with Crippen LogP contribution in [-0.4, -0.2) is 13.4 Å². The Balaban J connectivity index is 2.73. The van der Waals surface area contributed by atoms with Gasteiger partial charge in [-0.3, -0.25) is 0 Å². The number of phenolic OH excluding ortho intramolecular Hbond substituents is 1. The molecule has 0 saturated heterocycles. The largest absolute Gasteiger partial charge is 0.542 e. The van der Waals surface area contributed by atoms with Crippen molar-refractivity contribution in [3.63, 3.8) is 0 Å². The summed E-state index contributed by atoms with van der Waals surface area (Å²) >= 11 is 0. The van der Waals surface area contributed by atoms with E-state index in [2.05, 4.69) is 41.5 Å². The lowest BCUT2D eigenvalue weighted by atomic mass is 10.1. The summed E-state index contributed by atoms with van der Waals surface area (Å²) in [6, 6.07) is 5.36. The average Bonchev–Trinajstić information content (AvgIpc) is 2.46. The van der Waals surface area contributed by atoms with E-state index in [-0.39, 0.29) is 33.5 Å². The van der Waals surface area contributed by atoms with Crippen LogP contribution in [0.15, 0.2) is 24.3 Å². The second kappa shape index (κ2) is 6.71. The number of hydrogen-bond acceptors (Lipinski definition) is 2. The molecule has 0 saturated carbocycles. The molecule has 2 rings (SSSR count). The molecule has 0 bridgehead atoms. The van der Waals surface area contributed by atoms with Crippen LogP contribution < -0.4 is 4.43 Å². The Morgan fingerprint density at radius 1 is 0.917 bits per heavy atom. The first-order chi connectivity index (χ1) is 11.1. The summed E-state index contributed by atoms with van der Waals surface area (Å²) in [4.78, 5) is 0. The molecule has 5 heteroatoms. The summed E-state index contributed by atoms with van der Waals surface area (Å²) in [5.41, 5.74) is 0.851. The van der Waals surface area contributed by atoms with Gasteiger partial charge in [0.25, 0.3) is 8.32 Å². The van der Waals surface area contributed by atoms with Gasteiger partial charge in [-0.1, -0.05) is 47.6 Å². The summed E-state index contributed by atoms with van der Waals surface area (Å²) in [5.74, 6) is -1.61. The molecule has 0 heterocycles. The van der Waals surface area contributed by atoms with Crippen LogP contribution in [0, 0.1) is 11.6 Å². The van der Waals surface area contributed by atoms with Gasteiger partial charge >= 0.3 is 0 Å². The molecule has 0 spiro atoms. The SMILES string of the molecule is CC(C)[Si](Oc1cc(O)cc2ccc(F)c(F)c12)(C(C)C)C(C)C.